The number of ether oxygens (including phenoxy) is 1. The van der Waals surface area contributed by atoms with E-state index in [2.05, 4.69) is 15.5 Å². The quantitative estimate of drug-likeness (QED) is 0.781. The number of aliphatic hydroxyl groups is 1. The minimum absolute atomic E-state index is 0.0900. The van der Waals surface area contributed by atoms with Crippen LogP contribution in [0.25, 0.3) is 0 Å². The molecular formula is C16H26N4O3. The lowest BCUT2D eigenvalue weighted by molar-refractivity contribution is -0.142. The topological polar surface area (TPSA) is 89.3 Å². The van der Waals surface area contributed by atoms with E-state index >= 15 is 0 Å². The summed E-state index contributed by atoms with van der Waals surface area (Å²) in [5.74, 6) is 2.00. The maximum Gasteiger partial charge on any atom is 0.228 e. The van der Waals surface area contributed by atoms with Gasteiger partial charge in [-0.05, 0) is 32.6 Å². The summed E-state index contributed by atoms with van der Waals surface area (Å²) >= 11 is 0. The molecule has 1 amide bonds. The summed E-state index contributed by atoms with van der Waals surface area (Å²) in [6, 6.07) is 0.210. The average Bonchev–Trinajstić information content (AvgIpc) is 2.88. The first-order chi connectivity index (χ1) is 11.1. The van der Waals surface area contributed by atoms with Crippen LogP contribution in [0.2, 0.25) is 0 Å². The highest BCUT2D eigenvalue weighted by Gasteiger charge is 2.46. The first-order valence-corrected chi connectivity index (χ1v) is 8.46. The molecule has 0 atom stereocenters. The Hall–Kier alpha value is -1.47. The molecule has 3 rings (SSSR count). The van der Waals surface area contributed by atoms with Crippen LogP contribution in [0, 0.1) is 5.41 Å². The molecule has 0 unspecified atom stereocenters. The summed E-state index contributed by atoms with van der Waals surface area (Å²) in [6.07, 6.45) is 4.73. The van der Waals surface area contributed by atoms with E-state index < -0.39 is 0 Å². The van der Waals surface area contributed by atoms with Crippen molar-refractivity contribution in [1.29, 1.82) is 0 Å². The van der Waals surface area contributed by atoms with E-state index in [9.17, 15) is 9.90 Å². The third-order valence-electron chi connectivity index (χ3n) is 5.37. The third kappa shape index (κ3) is 2.87. The standard InChI is InChI=1S/C16H26N4O3/c1-3-20-13(9-21)18-19-14(20)11-7-12(8-11)17-15(22)16(10-23-2)5-4-6-16/h11-12,21H,3-10H2,1-2H3,(H,17,22). The SMILES string of the molecule is CCn1c(CO)nnc1C1CC(NC(=O)C2(COC)CCC2)C1. The van der Waals surface area contributed by atoms with Crippen molar-refractivity contribution in [3.63, 3.8) is 0 Å². The minimum atomic E-state index is -0.298. The van der Waals surface area contributed by atoms with E-state index in [0.29, 0.717) is 18.3 Å². The van der Waals surface area contributed by atoms with Crippen LogP contribution in [0.4, 0.5) is 0 Å². The highest BCUT2D eigenvalue weighted by molar-refractivity contribution is 5.84. The smallest absolute Gasteiger partial charge is 0.228 e. The second-order valence-corrected chi connectivity index (χ2v) is 6.78. The van der Waals surface area contributed by atoms with Crippen molar-refractivity contribution in [3.8, 4) is 0 Å². The van der Waals surface area contributed by atoms with Gasteiger partial charge in [0.15, 0.2) is 5.82 Å². The monoisotopic (exact) mass is 322 g/mol. The summed E-state index contributed by atoms with van der Waals surface area (Å²) < 4.78 is 7.21. The van der Waals surface area contributed by atoms with Gasteiger partial charge in [0.05, 0.1) is 12.0 Å². The first kappa shape index (κ1) is 16.4. The summed E-state index contributed by atoms with van der Waals surface area (Å²) in [5.41, 5.74) is -0.298. The molecule has 7 nitrogen and oxygen atoms in total. The number of nitrogens with zero attached hydrogens (tertiary/aromatic N) is 3. The lowest BCUT2D eigenvalue weighted by Gasteiger charge is -2.43. The number of hydrogen-bond acceptors (Lipinski definition) is 5. The Morgan fingerprint density at radius 1 is 1.43 bits per heavy atom. The van der Waals surface area contributed by atoms with Gasteiger partial charge in [-0.25, -0.2) is 0 Å². The maximum atomic E-state index is 12.5. The van der Waals surface area contributed by atoms with Crippen LogP contribution in [0.3, 0.4) is 0 Å². The van der Waals surface area contributed by atoms with Crippen LogP contribution in [0.15, 0.2) is 0 Å². The Kier molecular flexibility index (Phi) is 4.68. The highest BCUT2D eigenvalue weighted by Crippen LogP contribution is 2.43. The third-order valence-corrected chi connectivity index (χ3v) is 5.37. The fourth-order valence-electron chi connectivity index (χ4n) is 3.71. The van der Waals surface area contributed by atoms with Crippen LogP contribution in [-0.4, -0.2) is 45.5 Å². The van der Waals surface area contributed by atoms with E-state index in [1.54, 1.807) is 7.11 Å². The Bertz CT molecular complexity index is 562. The van der Waals surface area contributed by atoms with E-state index in [1.165, 1.54) is 0 Å². The molecule has 128 valence electrons. The molecule has 0 aromatic carbocycles. The number of amides is 1. The maximum absolute atomic E-state index is 12.5. The fourth-order valence-corrected chi connectivity index (χ4v) is 3.71. The van der Waals surface area contributed by atoms with Gasteiger partial charge in [0, 0.05) is 25.6 Å². The molecule has 0 bridgehead atoms. The van der Waals surface area contributed by atoms with Crippen molar-refractivity contribution in [2.24, 2.45) is 5.41 Å². The zero-order valence-electron chi connectivity index (χ0n) is 13.9. The number of carbonyl (C=O) groups is 1. The number of nitrogens with one attached hydrogen (secondary N) is 1. The van der Waals surface area contributed by atoms with Crippen molar-refractivity contribution in [3.05, 3.63) is 11.6 Å². The van der Waals surface area contributed by atoms with Gasteiger partial charge in [0.1, 0.15) is 12.4 Å². The van der Waals surface area contributed by atoms with E-state index in [0.717, 1.165) is 44.5 Å². The predicted octanol–water partition coefficient (Wildman–Crippen LogP) is 0.969. The lowest BCUT2D eigenvalue weighted by Crippen LogP contribution is -2.54. The molecule has 23 heavy (non-hydrogen) atoms. The van der Waals surface area contributed by atoms with Crippen molar-refractivity contribution in [2.75, 3.05) is 13.7 Å². The molecule has 2 aliphatic carbocycles. The second-order valence-electron chi connectivity index (χ2n) is 6.78. The first-order valence-electron chi connectivity index (χ1n) is 8.46. The Morgan fingerprint density at radius 2 is 2.17 bits per heavy atom. The summed E-state index contributed by atoms with van der Waals surface area (Å²) in [5, 5.41) is 20.7. The predicted molar refractivity (Wildman–Crippen MR) is 83.7 cm³/mol. The molecule has 1 heterocycles. The Balaban J connectivity index is 1.55. The van der Waals surface area contributed by atoms with E-state index in [1.807, 2.05) is 11.5 Å². The second kappa shape index (κ2) is 6.57. The number of aromatic nitrogens is 3. The van der Waals surface area contributed by atoms with Crippen LogP contribution in [0.1, 0.15) is 56.6 Å². The molecule has 1 aromatic heterocycles. The number of hydrogen-bond donors (Lipinski definition) is 2. The molecule has 0 aliphatic heterocycles. The Morgan fingerprint density at radius 3 is 2.70 bits per heavy atom. The van der Waals surface area contributed by atoms with Crippen molar-refractivity contribution in [2.45, 2.75) is 64.1 Å². The zero-order chi connectivity index (χ0) is 16.4. The van der Waals surface area contributed by atoms with Crippen LogP contribution < -0.4 is 5.32 Å². The summed E-state index contributed by atoms with van der Waals surface area (Å²) in [6.45, 7) is 3.20. The van der Waals surface area contributed by atoms with Gasteiger partial charge in [0.2, 0.25) is 5.91 Å². The fraction of sp³-hybridized carbons (Fsp3) is 0.812. The molecule has 0 saturated heterocycles. The van der Waals surface area contributed by atoms with Crippen molar-refractivity contribution >= 4 is 5.91 Å². The van der Waals surface area contributed by atoms with Crippen LogP contribution in [0.5, 0.6) is 0 Å². The molecule has 0 spiro atoms. The zero-order valence-corrected chi connectivity index (χ0v) is 13.9. The van der Waals surface area contributed by atoms with Gasteiger partial charge in [-0.2, -0.15) is 0 Å². The molecule has 2 fully saturated rings. The van der Waals surface area contributed by atoms with E-state index in [4.69, 9.17) is 4.74 Å². The molecule has 2 N–H and O–H groups in total. The van der Waals surface area contributed by atoms with Crippen molar-refractivity contribution < 1.29 is 14.6 Å². The molecular weight excluding hydrogens is 296 g/mol. The van der Waals surface area contributed by atoms with Gasteiger partial charge in [-0.1, -0.05) is 6.42 Å². The highest BCUT2D eigenvalue weighted by atomic mass is 16.5. The van der Waals surface area contributed by atoms with Gasteiger partial charge < -0.3 is 19.7 Å². The van der Waals surface area contributed by atoms with Gasteiger partial charge in [0.25, 0.3) is 0 Å². The molecule has 2 aliphatic rings. The van der Waals surface area contributed by atoms with Crippen molar-refractivity contribution in [1.82, 2.24) is 20.1 Å². The molecule has 0 radical (unpaired) electrons. The van der Waals surface area contributed by atoms with Gasteiger partial charge in [-0.3, -0.25) is 4.79 Å². The number of rotatable bonds is 7. The van der Waals surface area contributed by atoms with E-state index in [-0.39, 0.29) is 24.0 Å². The normalized spacial score (nSPS) is 25.5. The van der Waals surface area contributed by atoms with Crippen LogP contribution >= 0.6 is 0 Å². The van der Waals surface area contributed by atoms with Gasteiger partial charge >= 0.3 is 0 Å². The largest absolute Gasteiger partial charge is 0.388 e. The van der Waals surface area contributed by atoms with Gasteiger partial charge in [-0.15, -0.1) is 10.2 Å². The average molecular weight is 322 g/mol. The number of methoxy groups -OCH3 is 1. The Labute approximate surface area is 136 Å². The minimum Gasteiger partial charge on any atom is -0.388 e. The molecule has 1 aromatic rings. The molecule has 2 saturated carbocycles. The number of aliphatic hydroxyl groups excluding tert-OH is 1. The summed E-state index contributed by atoms with van der Waals surface area (Å²) in [4.78, 5) is 12.5. The van der Waals surface area contributed by atoms with Crippen LogP contribution in [-0.2, 0) is 22.7 Å². The number of carbonyl (C=O) groups excluding carboxylic acids is 1. The molecule has 7 heteroatoms. The summed E-state index contributed by atoms with van der Waals surface area (Å²) in [7, 11) is 1.66. The lowest BCUT2D eigenvalue weighted by atomic mass is 9.68.